The number of aromatic nitrogens is 4. The van der Waals surface area contributed by atoms with Crippen LogP contribution in [0.15, 0.2) is 23.4 Å². The zero-order valence-electron chi connectivity index (χ0n) is 16.9. The van der Waals surface area contributed by atoms with Crippen LogP contribution < -0.4 is 14.9 Å². The van der Waals surface area contributed by atoms with Gasteiger partial charge in [0.15, 0.2) is 10.8 Å². The average Bonchev–Trinajstić information content (AvgIpc) is 3.17. The Labute approximate surface area is 190 Å². The molecule has 33 heavy (non-hydrogen) atoms. The van der Waals surface area contributed by atoms with Crippen LogP contribution in [0, 0.1) is 11.3 Å². The minimum atomic E-state index is -4.65. The van der Waals surface area contributed by atoms with E-state index in [1.807, 2.05) is 11.0 Å². The molecule has 3 aromatic rings. The molecule has 2 N–H and O–H groups in total. The summed E-state index contributed by atoms with van der Waals surface area (Å²) in [7, 11) is -4.09. The number of piperazine rings is 1. The van der Waals surface area contributed by atoms with E-state index in [4.69, 9.17) is 0 Å². The lowest BCUT2D eigenvalue weighted by molar-refractivity contribution is -0.138. The van der Waals surface area contributed by atoms with E-state index in [0.29, 0.717) is 61.6 Å². The van der Waals surface area contributed by atoms with Crippen molar-refractivity contribution >= 4 is 32.6 Å². The third-order valence-electron chi connectivity index (χ3n) is 5.52. The number of fused-ring (bicyclic) bond motifs is 1. The van der Waals surface area contributed by atoms with Gasteiger partial charge in [-0.2, -0.15) is 23.2 Å². The second kappa shape index (κ2) is 7.62. The lowest BCUT2D eigenvalue weighted by atomic mass is 10.2. The van der Waals surface area contributed by atoms with Crippen molar-refractivity contribution in [3.63, 3.8) is 0 Å². The molecule has 1 saturated heterocycles. The van der Waals surface area contributed by atoms with Gasteiger partial charge < -0.3 is 10.2 Å². The highest BCUT2D eigenvalue weighted by atomic mass is 32.2. The molecule has 0 amide bonds. The van der Waals surface area contributed by atoms with E-state index >= 15 is 0 Å². The van der Waals surface area contributed by atoms with Crippen LogP contribution in [-0.2, 0) is 16.2 Å². The number of nitriles is 1. The van der Waals surface area contributed by atoms with E-state index in [-0.39, 0.29) is 15.7 Å². The van der Waals surface area contributed by atoms with Crippen molar-refractivity contribution in [3.05, 3.63) is 23.5 Å². The van der Waals surface area contributed by atoms with Gasteiger partial charge in [0.05, 0.1) is 23.5 Å². The summed E-state index contributed by atoms with van der Waals surface area (Å²) in [5.74, 6) is 0.0489. The molecule has 2 aliphatic rings. The fourth-order valence-electron chi connectivity index (χ4n) is 3.62. The fourth-order valence-corrected chi connectivity index (χ4v) is 5.72. The molecule has 0 atom stereocenters. The molecule has 2 fully saturated rings. The van der Waals surface area contributed by atoms with Gasteiger partial charge in [0.2, 0.25) is 15.0 Å². The number of halogens is 3. The highest BCUT2D eigenvalue weighted by Crippen LogP contribution is 2.38. The first kappa shape index (κ1) is 22.0. The summed E-state index contributed by atoms with van der Waals surface area (Å²) in [6, 6.07) is 3.49. The standard InChI is InChI=1S/C18H17F3N8O2S2/c19-18(20,21)16-26-25-15(32-16)14-24-8-13-12(28-5-3-23-4-6-28)7-11(9-29(13)14)33(30,31)27-17(10-22)1-2-17/h7-9,23,27H,1-6H2. The van der Waals surface area contributed by atoms with Gasteiger partial charge in [0, 0.05) is 32.4 Å². The van der Waals surface area contributed by atoms with Crippen LogP contribution in [0.25, 0.3) is 16.3 Å². The summed E-state index contributed by atoms with van der Waals surface area (Å²) in [6.45, 7) is 2.58. The number of nitrogens with zero attached hydrogens (tertiary/aromatic N) is 6. The molecule has 0 unspecified atom stereocenters. The van der Waals surface area contributed by atoms with Gasteiger partial charge >= 0.3 is 6.18 Å². The summed E-state index contributed by atoms with van der Waals surface area (Å²) >= 11 is 0.329. The first-order valence-electron chi connectivity index (χ1n) is 9.95. The quantitative estimate of drug-likeness (QED) is 0.543. The summed E-state index contributed by atoms with van der Waals surface area (Å²) in [6.07, 6.45) is -1.06. The number of sulfonamides is 1. The van der Waals surface area contributed by atoms with Crippen LogP contribution >= 0.6 is 11.3 Å². The molecular weight excluding hydrogens is 481 g/mol. The number of imidazole rings is 1. The molecule has 15 heteroatoms. The number of hydrogen-bond donors (Lipinski definition) is 2. The lowest BCUT2D eigenvalue weighted by Gasteiger charge is -2.30. The third-order valence-corrected chi connectivity index (χ3v) is 7.98. The molecule has 0 bridgehead atoms. The molecule has 3 aromatic heterocycles. The van der Waals surface area contributed by atoms with Gasteiger partial charge in [0.25, 0.3) is 0 Å². The van der Waals surface area contributed by atoms with Crippen molar-refractivity contribution in [3.8, 4) is 16.9 Å². The molecule has 0 radical (unpaired) electrons. The minimum Gasteiger partial charge on any atom is -0.367 e. The van der Waals surface area contributed by atoms with Crippen molar-refractivity contribution in [1.82, 2.24) is 29.6 Å². The topological polar surface area (TPSA) is 128 Å². The van der Waals surface area contributed by atoms with E-state index < -0.39 is 26.7 Å². The van der Waals surface area contributed by atoms with Gasteiger partial charge in [0.1, 0.15) is 10.4 Å². The largest absolute Gasteiger partial charge is 0.445 e. The Morgan fingerprint density at radius 1 is 1.24 bits per heavy atom. The Balaban J connectivity index is 1.66. The van der Waals surface area contributed by atoms with Crippen LogP contribution in [0.1, 0.15) is 17.8 Å². The third kappa shape index (κ3) is 4.03. The number of pyridine rings is 1. The van der Waals surface area contributed by atoms with E-state index in [1.165, 1.54) is 22.9 Å². The molecule has 5 rings (SSSR count). The summed E-state index contributed by atoms with van der Waals surface area (Å²) < 4.78 is 69.2. The predicted octanol–water partition coefficient (Wildman–Crippen LogP) is 1.62. The molecule has 10 nitrogen and oxygen atoms in total. The van der Waals surface area contributed by atoms with E-state index in [9.17, 15) is 26.9 Å². The molecule has 4 heterocycles. The molecule has 1 aliphatic heterocycles. The van der Waals surface area contributed by atoms with Crippen LogP contribution in [0.2, 0.25) is 0 Å². The van der Waals surface area contributed by atoms with Crippen molar-refractivity contribution in [2.24, 2.45) is 0 Å². The lowest BCUT2D eigenvalue weighted by Crippen LogP contribution is -2.43. The van der Waals surface area contributed by atoms with Crippen LogP contribution in [0.3, 0.4) is 0 Å². The number of nitrogens with one attached hydrogen (secondary N) is 2. The van der Waals surface area contributed by atoms with Gasteiger partial charge in [-0.05, 0) is 18.9 Å². The van der Waals surface area contributed by atoms with Gasteiger partial charge in [-0.25, -0.2) is 13.4 Å². The second-order valence-corrected chi connectivity index (χ2v) is 10.5. The van der Waals surface area contributed by atoms with E-state index in [0.717, 1.165) is 0 Å². The summed E-state index contributed by atoms with van der Waals surface area (Å²) in [5, 5.41) is 18.2. The Morgan fingerprint density at radius 3 is 2.58 bits per heavy atom. The zero-order valence-corrected chi connectivity index (χ0v) is 18.6. The zero-order chi connectivity index (χ0) is 23.4. The monoisotopic (exact) mass is 498 g/mol. The molecular formula is C18H17F3N8O2S2. The van der Waals surface area contributed by atoms with Crippen molar-refractivity contribution in [2.75, 3.05) is 31.1 Å². The van der Waals surface area contributed by atoms with Gasteiger partial charge in [-0.3, -0.25) is 4.40 Å². The Hall–Kier alpha value is -2.80. The first-order chi connectivity index (χ1) is 15.6. The number of rotatable bonds is 5. The maximum Gasteiger partial charge on any atom is 0.445 e. The highest BCUT2D eigenvalue weighted by Gasteiger charge is 2.47. The van der Waals surface area contributed by atoms with Crippen LogP contribution in [-0.4, -0.2) is 59.7 Å². The maximum atomic E-state index is 13.1. The Kier molecular flexibility index (Phi) is 5.08. The fraction of sp³-hybridized carbons (Fsp3) is 0.444. The summed E-state index contributed by atoms with van der Waals surface area (Å²) in [4.78, 5) is 6.10. The van der Waals surface area contributed by atoms with Crippen LogP contribution in [0.5, 0.6) is 0 Å². The number of hydrogen-bond acceptors (Lipinski definition) is 9. The van der Waals surface area contributed by atoms with Crippen molar-refractivity contribution in [2.45, 2.75) is 29.5 Å². The van der Waals surface area contributed by atoms with Gasteiger partial charge in [-0.1, -0.05) is 11.3 Å². The normalized spacial score (nSPS) is 18.4. The molecule has 1 saturated carbocycles. The van der Waals surface area contributed by atoms with Crippen LogP contribution in [0.4, 0.5) is 18.9 Å². The smallest absolute Gasteiger partial charge is 0.367 e. The molecule has 0 aromatic carbocycles. The van der Waals surface area contributed by atoms with Gasteiger partial charge in [-0.15, -0.1) is 10.2 Å². The SMILES string of the molecule is N#CC1(NS(=O)(=O)c2cc(N3CCNCC3)c3cnc(-c4nnc(C(F)(F)F)s4)n3c2)CC1. The number of alkyl halides is 3. The van der Waals surface area contributed by atoms with E-state index in [2.05, 4.69) is 25.2 Å². The highest BCUT2D eigenvalue weighted by molar-refractivity contribution is 7.89. The molecule has 174 valence electrons. The molecule has 0 spiro atoms. The average molecular weight is 499 g/mol. The summed E-state index contributed by atoms with van der Waals surface area (Å²) in [5.41, 5.74) is -0.0294. The Bertz CT molecular complexity index is 1370. The number of anilines is 1. The maximum absolute atomic E-state index is 13.1. The second-order valence-electron chi connectivity index (χ2n) is 7.84. The van der Waals surface area contributed by atoms with Crippen molar-refractivity contribution < 1.29 is 21.6 Å². The first-order valence-corrected chi connectivity index (χ1v) is 12.2. The minimum absolute atomic E-state index is 0.0489. The predicted molar refractivity (Wildman–Crippen MR) is 112 cm³/mol. The van der Waals surface area contributed by atoms with E-state index in [1.54, 1.807) is 0 Å². The van der Waals surface area contributed by atoms with Crippen molar-refractivity contribution in [1.29, 1.82) is 5.26 Å². The molecule has 1 aliphatic carbocycles. The Morgan fingerprint density at radius 2 is 1.97 bits per heavy atom.